The Kier molecular flexibility index (Phi) is 8.33. The van der Waals surface area contributed by atoms with Gasteiger partial charge >= 0.3 is 5.97 Å². The standard InChI is InChI=1S/C26H23N3O6/c1-34-20-12-13-23(35-2)19(14-20)15-22(28-24(30)17-8-4-3-5-9-17)25(31)29-27-16-18-10-6-7-11-21(18)26(32)33/h3-16H,1-2H3,(H,28,30)(H,29,31)(H,32,33)/b22-15-,27-16-. The van der Waals surface area contributed by atoms with Crippen molar-refractivity contribution in [3.63, 3.8) is 0 Å². The van der Waals surface area contributed by atoms with Crippen molar-refractivity contribution in [1.82, 2.24) is 10.7 Å². The molecule has 0 aliphatic rings. The lowest BCUT2D eigenvalue weighted by molar-refractivity contribution is -0.117. The minimum atomic E-state index is -1.13. The third-order valence-electron chi connectivity index (χ3n) is 4.83. The molecule has 0 unspecified atom stereocenters. The summed E-state index contributed by atoms with van der Waals surface area (Å²) in [5.41, 5.74) is 3.36. The zero-order valence-electron chi connectivity index (χ0n) is 19.0. The van der Waals surface area contributed by atoms with Crippen molar-refractivity contribution in [2.75, 3.05) is 14.2 Å². The monoisotopic (exact) mass is 473 g/mol. The van der Waals surface area contributed by atoms with Crippen molar-refractivity contribution < 1.29 is 29.0 Å². The summed E-state index contributed by atoms with van der Waals surface area (Å²) in [5.74, 6) is -1.39. The average molecular weight is 473 g/mol. The fraction of sp³-hybridized carbons (Fsp3) is 0.0769. The number of nitrogens with zero attached hydrogens (tertiary/aromatic N) is 1. The maximum absolute atomic E-state index is 13.0. The van der Waals surface area contributed by atoms with Crippen molar-refractivity contribution >= 4 is 30.1 Å². The van der Waals surface area contributed by atoms with Crippen LogP contribution in [0.1, 0.15) is 31.8 Å². The van der Waals surface area contributed by atoms with Crippen molar-refractivity contribution in [3.05, 3.63) is 101 Å². The second-order valence-corrected chi connectivity index (χ2v) is 7.08. The molecule has 0 aliphatic carbocycles. The number of nitrogens with one attached hydrogen (secondary N) is 2. The van der Waals surface area contributed by atoms with Crippen LogP contribution in [0.15, 0.2) is 83.6 Å². The third kappa shape index (κ3) is 6.55. The Hall–Kier alpha value is -4.92. The fourth-order valence-corrected chi connectivity index (χ4v) is 3.08. The van der Waals surface area contributed by atoms with E-state index in [4.69, 9.17) is 9.47 Å². The van der Waals surface area contributed by atoms with Gasteiger partial charge in [-0.25, -0.2) is 10.2 Å². The molecule has 178 valence electrons. The molecule has 0 bridgehead atoms. The summed E-state index contributed by atoms with van der Waals surface area (Å²) in [6.45, 7) is 0. The van der Waals surface area contributed by atoms with E-state index in [9.17, 15) is 19.5 Å². The third-order valence-corrected chi connectivity index (χ3v) is 4.83. The molecule has 0 spiro atoms. The summed E-state index contributed by atoms with van der Waals surface area (Å²) in [6.07, 6.45) is 2.64. The SMILES string of the molecule is COc1ccc(OC)c(/C=C(\NC(=O)c2ccccc2)C(=O)N/N=C\c2ccccc2C(=O)O)c1. The van der Waals surface area contributed by atoms with Crippen LogP contribution < -0.4 is 20.2 Å². The lowest BCUT2D eigenvalue weighted by Crippen LogP contribution is -2.32. The van der Waals surface area contributed by atoms with Crippen LogP contribution in [0.5, 0.6) is 11.5 Å². The zero-order chi connectivity index (χ0) is 25.2. The van der Waals surface area contributed by atoms with Crippen LogP contribution in [0, 0.1) is 0 Å². The van der Waals surface area contributed by atoms with Gasteiger partial charge in [-0.1, -0.05) is 36.4 Å². The number of aromatic carboxylic acids is 1. The normalized spacial score (nSPS) is 11.1. The summed E-state index contributed by atoms with van der Waals surface area (Å²) >= 11 is 0. The van der Waals surface area contributed by atoms with Gasteiger partial charge in [0.25, 0.3) is 11.8 Å². The Bertz CT molecular complexity index is 1290. The van der Waals surface area contributed by atoms with Crippen molar-refractivity contribution in [2.45, 2.75) is 0 Å². The van der Waals surface area contributed by atoms with E-state index in [2.05, 4.69) is 15.8 Å². The van der Waals surface area contributed by atoms with E-state index in [1.165, 1.54) is 32.6 Å². The number of benzene rings is 3. The first-order chi connectivity index (χ1) is 16.9. The van der Waals surface area contributed by atoms with Crippen LogP contribution in [0.2, 0.25) is 0 Å². The number of carbonyl (C=O) groups excluding carboxylic acids is 2. The molecule has 2 amide bonds. The predicted molar refractivity (Wildman–Crippen MR) is 131 cm³/mol. The highest BCUT2D eigenvalue weighted by Gasteiger charge is 2.16. The Labute approximate surface area is 201 Å². The molecule has 35 heavy (non-hydrogen) atoms. The molecular weight excluding hydrogens is 450 g/mol. The van der Waals surface area contributed by atoms with Gasteiger partial charge in [0.2, 0.25) is 0 Å². The number of hydrazone groups is 1. The molecule has 0 aromatic heterocycles. The molecule has 0 heterocycles. The lowest BCUT2D eigenvalue weighted by atomic mass is 10.1. The van der Waals surface area contributed by atoms with Crippen LogP contribution in [0.4, 0.5) is 0 Å². The van der Waals surface area contributed by atoms with E-state index in [-0.39, 0.29) is 11.3 Å². The highest BCUT2D eigenvalue weighted by atomic mass is 16.5. The number of carboxylic acids is 1. The Morgan fingerprint density at radius 3 is 2.29 bits per heavy atom. The summed E-state index contributed by atoms with van der Waals surface area (Å²) in [4.78, 5) is 37.1. The van der Waals surface area contributed by atoms with Gasteiger partial charge < -0.3 is 19.9 Å². The van der Waals surface area contributed by atoms with Gasteiger partial charge in [0, 0.05) is 16.7 Å². The number of hydrogen-bond acceptors (Lipinski definition) is 6. The second-order valence-electron chi connectivity index (χ2n) is 7.08. The largest absolute Gasteiger partial charge is 0.497 e. The van der Waals surface area contributed by atoms with E-state index < -0.39 is 17.8 Å². The van der Waals surface area contributed by atoms with E-state index in [1.807, 2.05) is 0 Å². The average Bonchev–Trinajstić information content (AvgIpc) is 2.88. The number of carboxylic acid groups (broad SMARTS) is 1. The highest BCUT2D eigenvalue weighted by molar-refractivity contribution is 6.06. The minimum absolute atomic E-state index is 0.0276. The van der Waals surface area contributed by atoms with Crippen molar-refractivity contribution in [2.24, 2.45) is 5.10 Å². The van der Waals surface area contributed by atoms with Gasteiger partial charge in [0.05, 0.1) is 26.0 Å². The molecular formula is C26H23N3O6. The summed E-state index contributed by atoms with van der Waals surface area (Å²) in [5, 5.41) is 15.8. The molecule has 3 N–H and O–H groups in total. The molecule has 0 radical (unpaired) electrons. The quantitative estimate of drug-likeness (QED) is 0.249. The predicted octanol–water partition coefficient (Wildman–Crippen LogP) is 3.32. The number of ether oxygens (including phenoxy) is 2. The molecule has 3 rings (SSSR count). The Morgan fingerprint density at radius 1 is 0.886 bits per heavy atom. The van der Waals surface area contributed by atoms with Gasteiger partial charge in [0.15, 0.2) is 0 Å². The van der Waals surface area contributed by atoms with Gasteiger partial charge in [-0.3, -0.25) is 9.59 Å². The number of carbonyl (C=O) groups is 3. The molecule has 3 aromatic rings. The maximum atomic E-state index is 13.0. The summed E-state index contributed by atoms with van der Waals surface area (Å²) < 4.78 is 10.6. The summed E-state index contributed by atoms with van der Waals surface area (Å²) in [6, 6.07) is 19.6. The first-order valence-electron chi connectivity index (χ1n) is 10.4. The molecule has 9 heteroatoms. The molecule has 0 atom stereocenters. The first kappa shape index (κ1) is 24.7. The van der Waals surface area contributed by atoms with Crippen molar-refractivity contribution in [1.29, 1.82) is 0 Å². The maximum Gasteiger partial charge on any atom is 0.336 e. The van der Waals surface area contributed by atoms with E-state index >= 15 is 0 Å². The molecule has 0 aliphatic heterocycles. The first-order valence-corrected chi connectivity index (χ1v) is 10.4. The fourth-order valence-electron chi connectivity index (χ4n) is 3.08. The van der Waals surface area contributed by atoms with Gasteiger partial charge in [-0.2, -0.15) is 5.10 Å². The van der Waals surface area contributed by atoms with E-state index in [0.717, 1.165) is 0 Å². The van der Waals surface area contributed by atoms with Crippen molar-refractivity contribution in [3.8, 4) is 11.5 Å². The minimum Gasteiger partial charge on any atom is -0.497 e. The lowest BCUT2D eigenvalue weighted by Gasteiger charge is -2.12. The number of amides is 2. The molecule has 3 aromatic carbocycles. The number of methoxy groups -OCH3 is 2. The highest BCUT2D eigenvalue weighted by Crippen LogP contribution is 2.26. The topological polar surface area (TPSA) is 126 Å². The van der Waals surface area contributed by atoms with Crippen LogP contribution in [0.25, 0.3) is 6.08 Å². The van der Waals surface area contributed by atoms with Gasteiger partial charge in [-0.05, 0) is 42.5 Å². The molecule has 0 saturated carbocycles. The summed E-state index contributed by atoms with van der Waals surface area (Å²) in [7, 11) is 2.98. The zero-order valence-corrected chi connectivity index (χ0v) is 19.0. The van der Waals surface area contributed by atoms with Crippen LogP contribution in [-0.4, -0.2) is 43.3 Å². The van der Waals surface area contributed by atoms with E-state index in [0.29, 0.717) is 28.2 Å². The van der Waals surface area contributed by atoms with E-state index in [1.54, 1.807) is 66.7 Å². The smallest absolute Gasteiger partial charge is 0.336 e. The molecule has 0 fully saturated rings. The second kappa shape index (κ2) is 11.8. The van der Waals surface area contributed by atoms with Gasteiger partial charge in [0.1, 0.15) is 17.2 Å². The Morgan fingerprint density at radius 2 is 1.60 bits per heavy atom. The van der Waals surface area contributed by atoms with Crippen LogP contribution in [-0.2, 0) is 4.79 Å². The number of hydrogen-bond donors (Lipinski definition) is 3. The Balaban J connectivity index is 1.92. The van der Waals surface area contributed by atoms with Crippen LogP contribution >= 0.6 is 0 Å². The number of rotatable bonds is 9. The molecule has 9 nitrogen and oxygen atoms in total. The van der Waals surface area contributed by atoms with Gasteiger partial charge in [-0.15, -0.1) is 0 Å². The van der Waals surface area contributed by atoms with Crippen LogP contribution in [0.3, 0.4) is 0 Å². The molecule has 0 saturated heterocycles.